The molecule has 0 amide bonds. The summed E-state index contributed by atoms with van der Waals surface area (Å²) in [6.07, 6.45) is 1.45. The number of rotatable bonds is 6. The molecule has 0 bridgehead atoms. The Labute approximate surface area is 198 Å². The molecule has 0 saturated carbocycles. The number of hydrogen-bond donors (Lipinski definition) is 1. The third-order valence-corrected chi connectivity index (χ3v) is 8.37. The maximum atomic E-state index is 13.7. The number of aromatic nitrogens is 1. The molecule has 1 saturated heterocycles. The minimum Gasteiger partial charge on any atom is -0.486 e. The molecule has 2 aliphatic heterocycles. The number of H-pyrrole nitrogens is 1. The zero-order chi connectivity index (χ0) is 23.9. The first-order valence-corrected chi connectivity index (χ1v) is 12.9. The van der Waals surface area contributed by atoms with E-state index in [1.165, 1.54) is 16.4 Å². The van der Waals surface area contributed by atoms with E-state index < -0.39 is 10.0 Å². The van der Waals surface area contributed by atoms with E-state index in [0.717, 1.165) is 34.9 Å². The molecule has 9 heteroatoms. The summed E-state index contributed by atoms with van der Waals surface area (Å²) in [5, 5.41) is 0.867. The summed E-state index contributed by atoms with van der Waals surface area (Å²) >= 11 is 0. The van der Waals surface area contributed by atoms with Gasteiger partial charge in [-0.2, -0.15) is 4.31 Å². The van der Waals surface area contributed by atoms with Gasteiger partial charge in [0.25, 0.3) is 5.56 Å². The van der Waals surface area contributed by atoms with Gasteiger partial charge in [-0.25, -0.2) is 8.42 Å². The molecule has 3 heterocycles. The number of aryl methyl sites for hydroxylation is 2. The SMILES string of the molecule is Cc1ccc2cc(CN(C[C@H]3CCCO3)S(=O)(=O)c3ccc4c(c3)OCCO4)c(=O)[nH]c2c1C. The largest absolute Gasteiger partial charge is 0.486 e. The first kappa shape index (κ1) is 22.9. The highest BCUT2D eigenvalue weighted by atomic mass is 32.2. The monoisotopic (exact) mass is 484 g/mol. The van der Waals surface area contributed by atoms with Crippen molar-refractivity contribution in [3.05, 3.63) is 63.4 Å². The number of hydrogen-bond acceptors (Lipinski definition) is 6. The molecule has 34 heavy (non-hydrogen) atoms. The summed E-state index contributed by atoms with van der Waals surface area (Å²) in [4.78, 5) is 16.0. The van der Waals surface area contributed by atoms with E-state index in [4.69, 9.17) is 14.2 Å². The van der Waals surface area contributed by atoms with Gasteiger partial charge in [0.2, 0.25) is 10.0 Å². The first-order valence-electron chi connectivity index (χ1n) is 11.5. The standard InChI is InChI=1S/C25H28N2O6S/c1-16-5-6-18-12-19(25(28)26-24(18)17(16)2)14-27(15-20-4-3-9-31-20)34(29,30)21-7-8-22-23(13-21)33-11-10-32-22/h5-8,12-13,20H,3-4,9-11,14-15H2,1-2H3,(H,26,28)/t20-/m1/s1. The lowest BCUT2D eigenvalue weighted by molar-refractivity contribution is 0.0925. The number of nitrogens with zero attached hydrogens (tertiary/aromatic N) is 1. The summed E-state index contributed by atoms with van der Waals surface area (Å²) in [5.41, 5.74) is 2.94. The molecular weight excluding hydrogens is 456 g/mol. The first-order chi connectivity index (χ1) is 16.3. The van der Waals surface area contributed by atoms with E-state index in [2.05, 4.69) is 4.98 Å². The molecule has 5 rings (SSSR count). The van der Waals surface area contributed by atoms with Gasteiger partial charge in [-0.3, -0.25) is 4.79 Å². The summed E-state index contributed by atoms with van der Waals surface area (Å²) in [6.45, 7) is 5.46. The molecule has 0 unspecified atom stereocenters. The van der Waals surface area contributed by atoms with Crippen molar-refractivity contribution in [2.24, 2.45) is 0 Å². The predicted molar refractivity (Wildman–Crippen MR) is 128 cm³/mol. The highest BCUT2D eigenvalue weighted by Crippen LogP contribution is 2.34. The van der Waals surface area contributed by atoms with Crippen LogP contribution in [0.1, 0.15) is 29.5 Å². The van der Waals surface area contributed by atoms with Crippen molar-refractivity contribution >= 4 is 20.9 Å². The van der Waals surface area contributed by atoms with Crippen LogP contribution in [0.3, 0.4) is 0 Å². The summed E-state index contributed by atoms with van der Waals surface area (Å²) in [5.74, 6) is 0.923. The summed E-state index contributed by atoms with van der Waals surface area (Å²) in [6, 6.07) is 10.3. The Hall–Kier alpha value is -2.88. The fourth-order valence-corrected chi connectivity index (χ4v) is 5.94. The molecule has 8 nitrogen and oxygen atoms in total. The average molecular weight is 485 g/mol. The van der Waals surface area contributed by atoms with Gasteiger partial charge in [-0.05, 0) is 61.4 Å². The van der Waals surface area contributed by atoms with Gasteiger partial charge in [0.1, 0.15) is 13.2 Å². The van der Waals surface area contributed by atoms with Crippen molar-refractivity contribution in [3.63, 3.8) is 0 Å². The molecule has 3 aromatic rings. The molecule has 0 radical (unpaired) electrons. The second-order valence-corrected chi connectivity index (χ2v) is 10.8. The smallest absolute Gasteiger partial charge is 0.252 e. The number of ether oxygens (including phenoxy) is 3. The molecule has 1 atom stereocenters. The van der Waals surface area contributed by atoms with Crippen LogP contribution in [0.15, 0.2) is 46.1 Å². The predicted octanol–water partition coefficient (Wildman–Crippen LogP) is 3.29. The van der Waals surface area contributed by atoms with Crippen LogP contribution in [0.2, 0.25) is 0 Å². The van der Waals surface area contributed by atoms with Crippen molar-refractivity contribution in [1.82, 2.24) is 9.29 Å². The topological polar surface area (TPSA) is 97.9 Å². The van der Waals surface area contributed by atoms with Crippen LogP contribution in [0, 0.1) is 13.8 Å². The third kappa shape index (κ3) is 4.31. The van der Waals surface area contributed by atoms with E-state index in [-0.39, 0.29) is 29.6 Å². The Morgan fingerprint density at radius 3 is 2.59 bits per heavy atom. The van der Waals surface area contributed by atoms with Gasteiger partial charge in [-0.1, -0.05) is 12.1 Å². The van der Waals surface area contributed by atoms with Crippen LogP contribution in [0.5, 0.6) is 11.5 Å². The molecule has 1 aromatic heterocycles. The van der Waals surface area contributed by atoms with Gasteiger partial charge < -0.3 is 19.2 Å². The van der Waals surface area contributed by atoms with Crippen molar-refractivity contribution in [1.29, 1.82) is 0 Å². The number of fused-ring (bicyclic) bond motifs is 2. The number of sulfonamides is 1. The fraction of sp³-hybridized carbons (Fsp3) is 0.400. The molecule has 0 spiro atoms. The van der Waals surface area contributed by atoms with Crippen LogP contribution in [-0.4, -0.2) is 50.2 Å². The molecular formula is C25H28N2O6S. The van der Waals surface area contributed by atoms with E-state index in [0.29, 0.717) is 36.9 Å². The fourth-order valence-electron chi connectivity index (χ4n) is 4.47. The van der Waals surface area contributed by atoms with E-state index >= 15 is 0 Å². The van der Waals surface area contributed by atoms with E-state index in [9.17, 15) is 13.2 Å². The second kappa shape index (κ2) is 9.05. The average Bonchev–Trinajstić information content (AvgIpc) is 3.35. The maximum absolute atomic E-state index is 13.7. The van der Waals surface area contributed by atoms with Gasteiger partial charge >= 0.3 is 0 Å². The maximum Gasteiger partial charge on any atom is 0.252 e. The minimum atomic E-state index is -3.94. The van der Waals surface area contributed by atoms with Crippen molar-refractivity contribution in [3.8, 4) is 11.5 Å². The minimum absolute atomic E-state index is 0.0607. The van der Waals surface area contributed by atoms with Crippen LogP contribution in [0.4, 0.5) is 0 Å². The van der Waals surface area contributed by atoms with Gasteiger partial charge in [0.05, 0.1) is 16.5 Å². The Bertz CT molecular complexity index is 1390. The Morgan fingerprint density at radius 1 is 1.03 bits per heavy atom. The van der Waals surface area contributed by atoms with E-state index in [1.54, 1.807) is 12.1 Å². The van der Waals surface area contributed by atoms with Crippen LogP contribution >= 0.6 is 0 Å². The van der Waals surface area contributed by atoms with Gasteiger partial charge in [-0.15, -0.1) is 0 Å². The van der Waals surface area contributed by atoms with Crippen molar-refractivity contribution < 1.29 is 22.6 Å². The van der Waals surface area contributed by atoms with Gasteiger partial charge in [0, 0.05) is 31.3 Å². The number of pyridine rings is 1. The van der Waals surface area contributed by atoms with Crippen LogP contribution in [0.25, 0.3) is 10.9 Å². The molecule has 1 fully saturated rings. The van der Waals surface area contributed by atoms with Crippen molar-refractivity contribution in [2.45, 2.75) is 44.2 Å². The highest BCUT2D eigenvalue weighted by molar-refractivity contribution is 7.89. The number of nitrogens with one attached hydrogen (secondary N) is 1. The van der Waals surface area contributed by atoms with Crippen LogP contribution in [-0.2, 0) is 21.3 Å². The van der Waals surface area contributed by atoms with Crippen molar-refractivity contribution in [2.75, 3.05) is 26.4 Å². The second-order valence-electron chi connectivity index (χ2n) is 8.83. The number of aromatic amines is 1. The molecule has 0 aliphatic carbocycles. The lowest BCUT2D eigenvalue weighted by atomic mass is 10.0. The Kier molecular flexibility index (Phi) is 6.09. The normalized spacial score (nSPS) is 18.0. The zero-order valence-corrected chi connectivity index (χ0v) is 20.1. The number of benzene rings is 2. The quantitative estimate of drug-likeness (QED) is 0.577. The summed E-state index contributed by atoms with van der Waals surface area (Å²) in [7, 11) is -3.94. The molecule has 2 aliphatic rings. The molecule has 180 valence electrons. The molecule has 2 aromatic carbocycles. The zero-order valence-electron chi connectivity index (χ0n) is 19.3. The third-order valence-electron chi connectivity index (χ3n) is 6.56. The Morgan fingerprint density at radius 2 is 1.82 bits per heavy atom. The lowest BCUT2D eigenvalue weighted by Crippen LogP contribution is -2.38. The Balaban J connectivity index is 1.53. The van der Waals surface area contributed by atoms with Crippen LogP contribution < -0.4 is 15.0 Å². The molecule has 1 N–H and O–H groups in total. The van der Waals surface area contributed by atoms with E-state index in [1.807, 2.05) is 26.0 Å². The lowest BCUT2D eigenvalue weighted by Gasteiger charge is -2.26. The van der Waals surface area contributed by atoms with Gasteiger partial charge in [0.15, 0.2) is 11.5 Å². The summed E-state index contributed by atoms with van der Waals surface area (Å²) < 4.78 is 45.7. The highest BCUT2D eigenvalue weighted by Gasteiger charge is 2.31.